The van der Waals surface area contributed by atoms with Crippen molar-refractivity contribution >= 4 is 21.7 Å². The van der Waals surface area contributed by atoms with Gasteiger partial charge in [0, 0.05) is 12.1 Å². The second-order valence-electron chi connectivity index (χ2n) is 7.81. The molecule has 0 atom stereocenters. The fraction of sp³-hybridized carbons (Fsp3) is 0.650. The van der Waals surface area contributed by atoms with Crippen LogP contribution in [-0.2, 0) is 10.0 Å². The Morgan fingerprint density at radius 2 is 1.44 bits per heavy atom. The molecule has 0 aliphatic heterocycles. The van der Waals surface area contributed by atoms with Crippen LogP contribution < -0.4 is 10.0 Å². The predicted octanol–water partition coefficient (Wildman–Crippen LogP) is 4.13. The molecule has 3 rings (SSSR count). The maximum atomic E-state index is 13.1. The average Bonchev–Trinajstić information content (AvgIpc) is 2.91. The molecule has 2 fully saturated rings. The Kier molecular flexibility index (Phi) is 6.76. The molecule has 1 aromatic carbocycles. The summed E-state index contributed by atoms with van der Waals surface area (Å²) >= 11 is 0. The number of nitrogens with one attached hydrogen (secondary N) is 2. The van der Waals surface area contributed by atoms with Crippen LogP contribution in [0, 0.1) is 0 Å². The Balaban J connectivity index is 1.86. The summed E-state index contributed by atoms with van der Waals surface area (Å²) in [7, 11) is -3.79. The number of rotatable bonds is 6. The first-order valence-corrected chi connectivity index (χ1v) is 11.6. The Morgan fingerprint density at radius 1 is 0.889 bits per heavy atom. The number of sulfonamides is 1. The van der Waals surface area contributed by atoms with E-state index < -0.39 is 16.0 Å². The molecule has 0 radical (unpaired) electrons. The van der Waals surface area contributed by atoms with E-state index in [9.17, 15) is 18.3 Å². The molecule has 0 bridgehead atoms. The maximum Gasteiger partial charge on any atom is 0.335 e. The Bertz CT molecular complexity index is 749. The zero-order valence-electron chi connectivity index (χ0n) is 15.7. The SMILES string of the molecule is O=C(O)c1ccc(NC2CCCCC2)c(S(=O)(=O)NC2CCCCCC2)c1. The van der Waals surface area contributed by atoms with Crippen LogP contribution in [0.4, 0.5) is 5.69 Å². The van der Waals surface area contributed by atoms with Crippen molar-refractivity contribution in [2.45, 2.75) is 87.6 Å². The molecule has 6 nitrogen and oxygen atoms in total. The number of aromatic carboxylic acids is 1. The van der Waals surface area contributed by atoms with E-state index in [-0.39, 0.29) is 22.5 Å². The predicted molar refractivity (Wildman–Crippen MR) is 106 cm³/mol. The second kappa shape index (κ2) is 9.06. The van der Waals surface area contributed by atoms with Crippen LogP contribution in [0.25, 0.3) is 0 Å². The zero-order chi connectivity index (χ0) is 19.3. The summed E-state index contributed by atoms with van der Waals surface area (Å²) in [5, 5.41) is 12.7. The first kappa shape index (κ1) is 20.1. The van der Waals surface area contributed by atoms with Gasteiger partial charge in [0.05, 0.1) is 11.3 Å². The van der Waals surface area contributed by atoms with Gasteiger partial charge in [-0.1, -0.05) is 44.9 Å². The van der Waals surface area contributed by atoms with Crippen LogP contribution in [0.15, 0.2) is 23.1 Å². The largest absolute Gasteiger partial charge is 0.478 e. The Morgan fingerprint density at radius 3 is 2.04 bits per heavy atom. The summed E-state index contributed by atoms with van der Waals surface area (Å²) in [5.41, 5.74) is 0.499. The Hall–Kier alpha value is -1.60. The average molecular weight is 395 g/mol. The topological polar surface area (TPSA) is 95.5 Å². The van der Waals surface area contributed by atoms with Gasteiger partial charge in [-0.2, -0.15) is 0 Å². The van der Waals surface area contributed by atoms with E-state index in [2.05, 4.69) is 10.0 Å². The number of benzene rings is 1. The molecule has 0 heterocycles. The van der Waals surface area contributed by atoms with E-state index in [1.54, 1.807) is 6.07 Å². The zero-order valence-corrected chi connectivity index (χ0v) is 16.6. The fourth-order valence-electron chi connectivity index (χ4n) is 4.14. The highest BCUT2D eigenvalue weighted by atomic mass is 32.2. The van der Waals surface area contributed by atoms with Crippen molar-refractivity contribution in [2.75, 3.05) is 5.32 Å². The molecule has 7 heteroatoms. The number of hydrogen-bond donors (Lipinski definition) is 3. The second-order valence-corrected chi connectivity index (χ2v) is 9.49. The molecular weight excluding hydrogens is 364 g/mol. The molecular formula is C20H30N2O4S. The van der Waals surface area contributed by atoms with Crippen LogP contribution in [0.1, 0.15) is 81.0 Å². The van der Waals surface area contributed by atoms with E-state index in [1.165, 1.54) is 18.6 Å². The van der Waals surface area contributed by atoms with Crippen molar-refractivity contribution in [3.63, 3.8) is 0 Å². The van der Waals surface area contributed by atoms with Gasteiger partial charge in [0.1, 0.15) is 4.90 Å². The van der Waals surface area contributed by atoms with Crippen LogP contribution in [0.5, 0.6) is 0 Å². The highest BCUT2D eigenvalue weighted by Gasteiger charge is 2.26. The molecule has 3 N–H and O–H groups in total. The highest BCUT2D eigenvalue weighted by Crippen LogP contribution is 2.28. The molecule has 0 unspecified atom stereocenters. The Labute approximate surface area is 161 Å². The van der Waals surface area contributed by atoms with Gasteiger partial charge in [-0.3, -0.25) is 0 Å². The van der Waals surface area contributed by atoms with E-state index in [1.807, 2.05) is 0 Å². The van der Waals surface area contributed by atoms with Gasteiger partial charge in [0.15, 0.2) is 0 Å². The van der Waals surface area contributed by atoms with Gasteiger partial charge >= 0.3 is 5.97 Å². The van der Waals surface area contributed by atoms with Gasteiger partial charge < -0.3 is 10.4 Å². The third kappa shape index (κ3) is 5.45. The van der Waals surface area contributed by atoms with Crippen LogP contribution >= 0.6 is 0 Å². The fourth-order valence-corrected chi connectivity index (χ4v) is 5.64. The smallest absolute Gasteiger partial charge is 0.335 e. The van der Waals surface area contributed by atoms with Gasteiger partial charge in [-0.05, 0) is 43.9 Å². The van der Waals surface area contributed by atoms with E-state index in [0.717, 1.165) is 64.2 Å². The molecule has 2 aliphatic carbocycles. The lowest BCUT2D eigenvalue weighted by Gasteiger charge is -2.26. The van der Waals surface area contributed by atoms with Gasteiger partial charge in [0.25, 0.3) is 0 Å². The van der Waals surface area contributed by atoms with Crippen molar-refractivity contribution in [1.29, 1.82) is 0 Å². The monoisotopic (exact) mass is 394 g/mol. The van der Waals surface area contributed by atoms with Gasteiger partial charge in [-0.25, -0.2) is 17.9 Å². The lowest BCUT2D eigenvalue weighted by atomic mass is 9.95. The number of carboxylic acid groups (broad SMARTS) is 1. The van der Waals surface area contributed by atoms with Gasteiger partial charge in [0.2, 0.25) is 10.0 Å². The maximum absolute atomic E-state index is 13.1. The van der Waals surface area contributed by atoms with Crippen molar-refractivity contribution in [2.24, 2.45) is 0 Å². The standard InChI is InChI=1S/C20H30N2O4S/c23-20(24)15-12-13-18(21-16-8-6-3-7-9-16)19(14-15)27(25,26)22-17-10-4-1-2-5-11-17/h12-14,16-17,21-22H,1-11H2,(H,23,24). The molecule has 27 heavy (non-hydrogen) atoms. The summed E-state index contributed by atoms with van der Waals surface area (Å²) < 4.78 is 29.0. The molecule has 1 aromatic rings. The molecule has 0 saturated heterocycles. The van der Waals surface area contributed by atoms with Crippen LogP contribution in [0.3, 0.4) is 0 Å². The van der Waals surface area contributed by atoms with E-state index in [4.69, 9.17) is 0 Å². The lowest BCUT2D eigenvalue weighted by Crippen LogP contribution is -2.35. The minimum atomic E-state index is -3.79. The molecule has 2 aliphatic rings. The highest BCUT2D eigenvalue weighted by molar-refractivity contribution is 7.89. The molecule has 0 amide bonds. The number of carbonyl (C=O) groups is 1. The molecule has 150 valence electrons. The summed E-state index contributed by atoms with van der Waals surface area (Å²) in [6, 6.07) is 4.51. The van der Waals surface area contributed by atoms with Crippen LogP contribution in [-0.4, -0.2) is 31.6 Å². The lowest BCUT2D eigenvalue weighted by molar-refractivity contribution is 0.0696. The first-order valence-electron chi connectivity index (χ1n) is 10.1. The van der Waals surface area contributed by atoms with Crippen LogP contribution in [0.2, 0.25) is 0 Å². The van der Waals surface area contributed by atoms with E-state index >= 15 is 0 Å². The van der Waals surface area contributed by atoms with Crippen molar-refractivity contribution in [3.05, 3.63) is 23.8 Å². The molecule has 0 aromatic heterocycles. The van der Waals surface area contributed by atoms with Crippen molar-refractivity contribution in [3.8, 4) is 0 Å². The minimum absolute atomic E-state index is 0.00886. The summed E-state index contributed by atoms with van der Waals surface area (Å²) in [6.07, 6.45) is 11.5. The third-order valence-corrected chi connectivity index (χ3v) is 7.22. The summed E-state index contributed by atoms with van der Waals surface area (Å²) in [5.74, 6) is -1.12. The van der Waals surface area contributed by atoms with Crippen molar-refractivity contribution in [1.82, 2.24) is 4.72 Å². The number of hydrogen-bond acceptors (Lipinski definition) is 4. The molecule has 0 spiro atoms. The molecule has 2 saturated carbocycles. The first-order chi connectivity index (χ1) is 13.0. The third-order valence-electron chi connectivity index (χ3n) is 5.66. The minimum Gasteiger partial charge on any atom is -0.478 e. The summed E-state index contributed by atoms with van der Waals surface area (Å²) in [6.45, 7) is 0. The number of anilines is 1. The normalized spacial score (nSPS) is 20.1. The quantitative estimate of drug-likeness (QED) is 0.631. The van der Waals surface area contributed by atoms with Crippen molar-refractivity contribution < 1.29 is 18.3 Å². The summed E-state index contributed by atoms with van der Waals surface area (Å²) in [4.78, 5) is 11.4. The number of carboxylic acids is 1. The van der Waals surface area contributed by atoms with Gasteiger partial charge in [-0.15, -0.1) is 0 Å². The van der Waals surface area contributed by atoms with E-state index in [0.29, 0.717) is 5.69 Å².